The average Bonchev–Trinajstić information content (AvgIpc) is 2.76. The highest BCUT2D eigenvalue weighted by Crippen LogP contribution is 2.78. The summed E-state index contributed by atoms with van der Waals surface area (Å²) in [6, 6.07) is 3.14. The van der Waals surface area contributed by atoms with Crippen molar-refractivity contribution in [2.75, 3.05) is 6.61 Å². The number of rotatable bonds is 3. The van der Waals surface area contributed by atoms with Crippen LogP contribution < -0.4 is 11.1 Å². The van der Waals surface area contributed by atoms with Gasteiger partial charge in [0.2, 0.25) is 5.56 Å². The molecule has 35 heavy (non-hydrogen) atoms. The van der Waals surface area contributed by atoms with Gasteiger partial charge in [-0.2, -0.15) is 13.2 Å². The van der Waals surface area contributed by atoms with Gasteiger partial charge in [0.05, 0.1) is 17.2 Å². The molecule has 4 aliphatic rings. The highest BCUT2D eigenvalue weighted by atomic mass is 19.4. The number of halogens is 3. The van der Waals surface area contributed by atoms with E-state index in [1.807, 2.05) is 0 Å². The molecule has 0 unspecified atom stereocenters. The SMILES string of the molecule is Cc1nc2c(C34CC(C(F)(F)F)(C3)C4)nc([C@H]3CCO[C@@H](c4ccc(=O)[nH]c4)C3)nc2c(=O)n1C. The van der Waals surface area contributed by atoms with Crippen LogP contribution in [0.5, 0.6) is 0 Å². The Balaban J connectivity index is 1.42. The number of hydrogen-bond donors (Lipinski definition) is 1. The van der Waals surface area contributed by atoms with E-state index in [0.29, 0.717) is 42.3 Å². The van der Waals surface area contributed by atoms with E-state index in [1.54, 1.807) is 26.2 Å². The first-order valence-electron chi connectivity index (χ1n) is 11.6. The number of nitrogens with zero attached hydrogens (tertiary/aromatic N) is 4. The number of nitrogens with one attached hydrogen (secondary N) is 1. The van der Waals surface area contributed by atoms with Gasteiger partial charge >= 0.3 is 6.18 Å². The Morgan fingerprint density at radius 3 is 2.51 bits per heavy atom. The van der Waals surface area contributed by atoms with Crippen LogP contribution in [0.25, 0.3) is 11.0 Å². The summed E-state index contributed by atoms with van der Waals surface area (Å²) in [7, 11) is 1.60. The highest BCUT2D eigenvalue weighted by molar-refractivity contribution is 5.78. The molecule has 4 fully saturated rings. The molecule has 3 aliphatic carbocycles. The van der Waals surface area contributed by atoms with Crippen molar-refractivity contribution in [3.05, 3.63) is 61.9 Å². The second-order valence-electron chi connectivity index (χ2n) is 10.3. The van der Waals surface area contributed by atoms with E-state index in [9.17, 15) is 22.8 Å². The molecular formula is C24H24F3N5O3. The molecule has 3 aromatic heterocycles. The van der Waals surface area contributed by atoms with Crippen molar-refractivity contribution in [2.45, 2.75) is 62.6 Å². The summed E-state index contributed by atoms with van der Waals surface area (Å²) >= 11 is 0. The molecule has 1 aliphatic heterocycles. The lowest BCUT2D eigenvalue weighted by atomic mass is 9.34. The summed E-state index contributed by atoms with van der Waals surface area (Å²) in [5.41, 5.74) is -1.17. The minimum atomic E-state index is -4.25. The number of ether oxygens (including phenoxy) is 1. The van der Waals surface area contributed by atoms with Gasteiger partial charge in [-0.1, -0.05) is 0 Å². The van der Waals surface area contributed by atoms with Gasteiger partial charge in [-0.25, -0.2) is 15.0 Å². The van der Waals surface area contributed by atoms with Crippen molar-refractivity contribution in [1.29, 1.82) is 0 Å². The van der Waals surface area contributed by atoms with Crippen molar-refractivity contribution in [1.82, 2.24) is 24.5 Å². The number of aryl methyl sites for hydroxylation is 1. The topological polar surface area (TPSA) is 103 Å². The molecule has 0 radical (unpaired) electrons. The smallest absolute Gasteiger partial charge is 0.373 e. The minimum absolute atomic E-state index is 0.0290. The van der Waals surface area contributed by atoms with E-state index in [-0.39, 0.29) is 47.9 Å². The summed E-state index contributed by atoms with van der Waals surface area (Å²) < 4.78 is 48.0. The maximum atomic E-state index is 13.6. The van der Waals surface area contributed by atoms with Crippen molar-refractivity contribution in [3.8, 4) is 0 Å². The first-order valence-corrected chi connectivity index (χ1v) is 11.6. The number of hydrogen-bond acceptors (Lipinski definition) is 6. The Bertz CT molecular complexity index is 1440. The standard InChI is InChI=1S/C24H24F3N5O3/c1-12-29-17-18(21(34)32(12)2)30-20(31-19(17)22-9-23(10-22,11-22)24(25,26)27)13-5-6-35-15(7-13)14-3-4-16(33)28-8-14/h3-4,8,13,15H,5-7,9-11H2,1-2H3,(H,28,33)/t13-,15+,22?,23?/m0/s1. The summed E-state index contributed by atoms with van der Waals surface area (Å²) in [6.45, 7) is 2.11. The van der Waals surface area contributed by atoms with E-state index >= 15 is 0 Å². The van der Waals surface area contributed by atoms with Gasteiger partial charge in [-0.3, -0.25) is 14.2 Å². The predicted molar refractivity (Wildman–Crippen MR) is 119 cm³/mol. The van der Waals surface area contributed by atoms with Gasteiger partial charge in [-0.15, -0.1) is 0 Å². The average molecular weight is 487 g/mol. The quantitative estimate of drug-likeness (QED) is 0.608. The summed E-state index contributed by atoms with van der Waals surface area (Å²) in [6.07, 6.45) is -1.88. The lowest BCUT2D eigenvalue weighted by Gasteiger charge is -2.70. The van der Waals surface area contributed by atoms with Crippen molar-refractivity contribution >= 4 is 11.0 Å². The molecule has 0 spiro atoms. The highest BCUT2D eigenvalue weighted by Gasteiger charge is 2.79. The zero-order chi connectivity index (χ0) is 24.8. The number of alkyl halides is 3. The van der Waals surface area contributed by atoms with Crippen LogP contribution in [0.4, 0.5) is 13.2 Å². The minimum Gasteiger partial charge on any atom is -0.373 e. The fourth-order valence-corrected chi connectivity index (χ4v) is 6.05. The maximum Gasteiger partial charge on any atom is 0.394 e. The molecule has 8 nitrogen and oxygen atoms in total. The fraction of sp³-hybridized carbons (Fsp3) is 0.542. The van der Waals surface area contributed by atoms with E-state index in [0.717, 1.165) is 5.56 Å². The molecule has 11 heteroatoms. The van der Waals surface area contributed by atoms with E-state index < -0.39 is 17.0 Å². The third kappa shape index (κ3) is 3.20. The first-order chi connectivity index (χ1) is 16.5. The first kappa shape index (κ1) is 22.4. The van der Waals surface area contributed by atoms with Crippen LogP contribution in [0.1, 0.15) is 67.0 Å². The normalized spacial score (nSPS) is 30.1. The van der Waals surface area contributed by atoms with Gasteiger partial charge in [0.1, 0.15) is 17.2 Å². The fourth-order valence-electron chi connectivity index (χ4n) is 6.05. The van der Waals surface area contributed by atoms with Crippen LogP contribution in [0, 0.1) is 12.3 Å². The van der Waals surface area contributed by atoms with Crippen LogP contribution >= 0.6 is 0 Å². The molecule has 184 valence electrons. The molecule has 1 saturated heterocycles. The molecule has 3 saturated carbocycles. The molecule has 1 N–H and O–H groups in total. The molecule has 3 aromatic rings. The predicted octanol–water partition coefficient (Wildman–Crippen LogP) is 3.34. The second-order valence-corrected chi connectivity index (χ2v) is 10.3. The van der Waals surface area contributed by atoms with Crippen molar-refractivity contribution in [2.24, 2.45) is 12.5 Å². The largest absolute Gasteiger partial charge is 0.394 e. The van der Waals surface area contributed by atoms with E-state index in [1.165, 1.54) is 10.6 Å². The van der Waals surface area contributed by atoms with E-state index in [4.69, 9.17) is 9.72 Å². The Labute approximate surface area is 197 Å². The Hall–Kier alpha value is -3.08. The van der Waals surface area contributed by atoms with Crippen LogP contribution in [0.15, 0.2) is 27.9 Å². The molecule has 0 aromatic carbocycles. The van der Waals surface area contributed by atoms with Crippen LogP contribution in [-0.4, -0.2) is 37.3 Å². The maximum absolute atomic E-state index is 13.6. The third-order valence-corrected chi connectivity index (χ3v) is 8.13. The summed E-state index contributed by atoms with van der Waals surface area (Å²) in [5, 5.41) is 0. The van der Waals surface area contributed by atoms with Gasteiger partial charge in [0.15, 0.2) is 5.52 Å². The monoisotopic (exact) mass is 487 g/mol. The third-order valence-electron chi connectivity index (χ3n) is 8.13. The summed E-state index contributed by atoms with van der Waals surface area (Å²) in [4.78, 5) is 41.2. The number of fused-ring (bicyclic) bond motifs is 1. The zero-order valence-electron chi connectivity index (χ0n) is 19.3. The molecule has 4 heterocycles. The molecule has 0 amide bonds. The van der Waals surface area contributed by atoms with Gasteiger partial charge < -0.3 is 9.72 Å². The Morgan fingerprint density at radius 1 is 1.11 bits per heavy atom. The van der Waals surface area contributed by atoms with Crippen LogP contribution in [0.3, 0.4) is 0 Å². The molecule has 2 atom stereocenters. The van der Waals surface area contributed by atoms with Gasteiger partial charge in [-0.05, 0) is 50.7 Å². The number of aromatic amines is 1. The van der Waals surface area contributed by atoms with Gasteiger partial charge in [0, 0.05) is 37.3 Å². The Kier molecular flexibility index (Phi) is 4.62. The lowest BCUT2D eigenvalue weighted by Crippen LogP contribution is -2.70. The molecule has 2 bridgehead atoms. The number of pyridine rings is 1. The Morgan fingerprint density at radius 2 is 1.86 bits per heavy atom. The second kappa shape index (κ2) is 7.22. The number of H-pyrrole nitrogens is 1. The van der Waals surface area contributed by atoms with Crippen LogP contribution in [-0.2, 0) is 17.2 Å². The molecular weight excluding hydrogens is 463 g/mol. The van der Waals surface area contributed by atoms with Crippen molar-refractivity contribution < 1.29 is 17.9 Å². The van der Waals surface area contributed by atoms with Gasteiger partial charge in [0.25, 0.3) is 5.56 Å². The van der Waals surface area contributed by atoms with E-state index in [2.05, 4.69) is 15.0 Å². The van der Waals surface area contributed by atoms with Crippen LogP contribution in [0.2, 0.25) is 0 Å². The summed E-state index contributed by atoms with van der Waals surface area (Å²) in [5.74, 6) is 0.749. The lowest BCUT2D eigenvalue weighted by molar-refractivity contribution is -0.337. The number of aromatic nitrogens is 5. The van der Waals surface area contributed by atoms with Crippen molar-refractivity contribution in [3.63, 3.8) is 0 Å². The molecule has 7 rings (SSSR count). The zero-order valence-corrected chi connectivity index (χ0v) is 19.3.